The molecule has 0 amide bonds. The zero-order chi connectivity index (χ0) is 11.9. The molecule has 0 fully saturated rings. The number of aromatic amines is 1. The Labute approximate surface area is 90.4 Å². The van der Waals surface area contributed by atoms with Crippen LogP contribution in [-0.2, 0) is 6.42 Å². The third-order valence-electron chi connectivity index (χ3n) is 2.63. The number of aromatic nitrogens is 3. The van der Waals surface area contributed by atoms with Gasteiger partial charge in [-0.05, 0) is 13.3 Å². The summed E-state index contributed by atoms with van der Waals surface area (Å²) in [4.78, 5) is 10.7. The Morgan fingerprint density at radius 1 is 1.62 bits per heavy atom. The Balaban J connectivity index is 2.91. The van der Waals surface area contributed by atoms with Gasteiger partial charge in [0.25, 0.3) is 5.69 Å². The van der Waals surface area contributed by atoms with Crippen molar-refractivity contribution < 1.29 is 9.77 Å². The van der Waals surface area contributed by atoms with Crippen molar-refractivity contribution in [3.8, 4) is 0 Å². The average molecular weight is 222 g/mol. The van der Waals surface area contributed by atoms with Crippen LogP contribution in [0.5, 0.6) is 0 Å². The summed E-state index contributed by atoms with van der Waals surface area (Å²) >= 11 is 0. The van der Waals surface area contributed by atoms with Crippen LogP contribution in [0, 0.1) is 22.2 Å². The van der Waals surface area contributed by atoms with E-state index in [1.807, 2.05) is 6.92 Å². The van der Waals surface area contributed by atoms with Gasteiger partial charge in [-0.2, -0.15) is 0 Å². The number of rotatable bonds is 2. The number of aryl methyl sites for hydroxylation is 2. The molecular formula is C9H10N4O3. The molecule has 2 aromatic rings. The van der Waals surface area contributed by atoms with E-state index < -0.39 is 4.92 Å². The SMILES string of the molecule is CCc1cc([N+](=O)[O-])c(C)c2c1[nH]n[n+]2[O-]. The lowest BCUT2D eigenvalue weighted by atomic mass is 10.1. The summed E-state index contributed by atoms with van der Waals surface area (Å²) in [5.41, 5.74) is 1.82. The van der Waals surface area contributed by atoms with Gasteiger partial charge in [-0.15, -0.1) is 9.94 Å². The molecule has 16 heavy (non-hydrogen) atoms. The predicted octanol–water partition coefficient (Wildman–Crippen LogP) is 0.975. The quantitative estimate of drug-likeness (QED) is 0.354. The standard InChI is InChI=1S/C9H10N4O3/c1-3-6-4-7(13(15)16)5(2)9-8(6)10-11-12(9)14/h4,10H,3H2,1-2H3. The predicted molar refractivity (Wildman–Crippen MR) is 55.8 cm³/mol. The minimum absolute atomic E-state index is 0.0460. The Hall–Kier alpha value is -2.18. The van der Waals surface area contributed by atoms with E-state index in [0.717, 1.165) is 5.56 Å². The number of hydrogen-bond donors (Lipinski definition) is 1. The lowest BCUT2D eigenvalue weighted by Crippen LogP contribution is -2.28. The molecule has 0 spiro atoms. The zero-order valence-corrected chi connectivity index (χ0v) is 8.85. The van der Waals surface area contributed by atoms with Crippen molar-refractivity contribution in [2.45, 2.75) is 20.3 Å². The number of hydrogen-bond acceptors (Lipinski definition) is 4. The topological polar surface area (TPSA) is 98.8 Å². The maximum absolute atomic E-state index is 11.4. The van der Waals surface area contributed by atoms with Gasteiger partial charge in [0.05, 0.1) is 15.7 Å². The first kappa shape index (κ1) is 10.3. The van der Waals surface area contributed by atoms with E-state index in [-0.39, 0.29) is 11.2 Å². The van der Waals surface area contributed by atoms with Gasteiger partial charge >= 0.3 is 0 Å². The Bertz CT molecular complexity index is 576. The Kier molecular flexibility index (Phi) is 2.22. The lowest BCUT2D eigenvalue weighted by Gasteiger charge is -2.02. The molecule has 2 rings (SSSR count). The molecule has 1 heterocycles. The number of nitrogens with zero attached hydrogens (tertiary/aromatic N) is 3. The maximum Gasteiger partial charge on any atom is 0.277 e. The third-order valence-corrected chi connectivity index (χ3v) is 2.63. The molecule has 1 N–H and O–H groups in total. The highest BCUT2D eigenvalue weighted by Gasteiger charge is 2.23. The minimum Gasteiger partial charge on any atom is -0.691 e. The molecule has 84 valence electrons. The van der Waals surface area contributed by atoms with Crippen LogP contribution < -0.4 is 4.85 Å². The van der Waals surface area contributed by atoms with E-state index in [2.05, 4.69) is 10.3 Å². The monoisotopic (exact) mass is 222 g/mol. The van der Waals surface area contributed by atoms with Gasteiger partial charge in [-0.1, -0.05) is 6.92 Å². The molecule has 1 aromatic heterocycles. The zero-order valence-electron chi connectivity index (χ0n) is 8.85. The van der Waals surface area contributed by atoms with Crippen molar-refractivity contribution in [2.24, 2.45) is 0 Å². The van der Waals surface area contributed by atoms with Gasteiger partial charge in [0.1, 0.15) is 0 Å². The Morgan fingerprint density at radius 2 is 2.31 bits per heavy atom. The van der Waals surface area contributed by atoms with Crippen LogP contribution in [-0.4, -0.2) is 15.2 Å². The van der Waals surface area contributed by atoms with Crippen molar-refractivity contribution >= 4 is 16.7 Å². The maximum atomic E-state index is 11.4. The second-order valence-corrected chi connectivity index (χ2v) is 3.50. The van der Waals surface area contributed by atoms with Crippen LogP contribution in [0.25, 0.3) is 11.0 Å². The van der Waals surface area contributed by atoms with E-state index in [4.69, 9.17) is 0 Å². The molecule has 0 aliphatic heterocycles. The molecule has 7 heteroatoms. The van der Waals surface area contributed by atoms with E-state index >= 15 is 0 Å². The summed E-state index contributed by atoms with van der Waals surface area (Å²) in [6, 6.07) is 1.48. The van der Waals surface area contributed by atoms with Crippen LogP contribution in [0.2, 0.25) is 0 Å². The molecule has 0 aliphatic rings. The Morgan fingerprint density at radius 3 is 2.88 bits per heavy atom. The first-order valence-electron chi connectivity index (χ1n) is 4.81. The van der Waals surface area contributed by atoms with E-state index in [9.17, 15) is 15.3 Å². The van der Waals surface area contributed by atoms with Crippen LogP contribution in [0.4, 0.5) is 5.69 Å². The summed E-state index contributed by atoms with van der Waals surface area (Å²) in [5.74, 6) is 0. The molecule has 0 atom stereocenters. The van der Waals surface area contributed by atoms with Gasteiger partial charge in [0.15, 0.2) is 5.52 Å². The van der Waals surface area contributed by atoms with Crippen LogP contribution in [0.1, 0.15) is 18.1 Å². The second-order valence-electron chi connectivity index (χ2n) is 3.50. The summed E-state index contributed by atoms with van der Waals surface area (Å²) in [5, 5.41) is 28.3. The fraction of sp³-hybridized carbons (Fsp3) is 0.333. The summed E-state index contributed by atoms with van der Waals surface area (Å²) in [6.45, 7) is 3.41. The molecule has 1 aromatic carbocycles. The lowest BCUT2D eigenvalue weighted by molar-refractivity contribution is -0.644. The number of benzene rings is 1. The van der Waals surface area contributed by atoms with E-state index in [0.29, 0.717) is 22.3 Å². The van der Waals surface area contributed by atoms with E-state index in [1.165, 1.54) is 6.07 Å². The molecule has 0 radical (unpaired) electrons. The van der Waals surface area contributed by atoms with Crippen molar-refractivity contribution in [3.05, 3.63) is 32.5 Å². The van der Waals surface area contributed by atoms with Crippen molar-refractivity contribution in [2.75, 3.05) is 0 Å². The molecule has 0 aliphatic carbocycles. The first-order chi connectivity index (χ1) is 7.56. The highest BCUT2D eigenvalue weighted by molar-refractivity contribution is 5.82. The van der Waals surface area contributed by atoms with Crippen molar-refractivity contribution in [1.82, 2.24) is 10.3 Å². The van der Waals surface area contributed by atoms with Crippen LogP contribution >= 0.6 is 0 Å². The second kappa shape index (κ2) is 3.44. The third kappa shape index (κ3) is 1.28. The van der Waals surface area contributed by atoms with Gasteiger partial charge in [0, 0.05) is 11.6 Å². The molecule has 0 bridgehead atoms. The fourth-order valence-electron chi connectivity index (χ4n) is 1.78. The number of nitro groups is 1. The van der Waals surface area contributed by atoms with Gasteiger partial charge in [0.2, 0.25) is 5.52 Å². The largest absolute Gasteiger partial charge is 0.691 e. The molecule has 0 saturated heterocycles. The number of fused-ring (bicyclic) bond motifs is 1. The molecular weight excluding hydrogens is 212 g/mol. The first-order valence-corrected chi connectivity index (χ1v) is 4.81. The highest BCUT2D eigenvalue weighted by Crippen LogP contribution is 2.27. The molecule has 7 nitrogen and oxygen atoms in total. The van der Waals surface area contributed by atoms with Gasteiger partial charge in [-0.3, -0.25) is 10.1 Å². The van der Waals surface area contributed by atoms with Crippen molar-refractivity contribution in [1.29, 1.82) is 0 Å². The normalized spacial score (nSPS) is 10.9. The average Bonchev–Trinajstić information content (AvgIpc) is 2.62. The number of nitro benzene ring substituents is 1. The smallest absolute Gasteiger partial charge is 0.277 e. The number of nitrogens with one attached hydrogen (secondary N) is 1. The van der Waals surface area contributed by atoms with Gasteiger partial charge < -0.3 is 5.21 Å². The van der Waals surface area contributed by atoms with Crippen molar-refractivity contribution in [3.63, 3.8) is 0 Å². The molecule has 0 unspecified atom stereocenters. The summed E-state index contributed by atoms with van der Waals surface area (Å²) in [7, 11) is 0. The highest BCUT2D eigenvalue weighted by atomic mass is 16.6. The van der Waals surface area contributed by atoms with E-state index in [1.54, 1.807) is 6.92 Å². The van der Waals surface area contributed by atoms with Crippen LogP contribution in [0.3, 0.4) is 0 Å². The summed E-state index contributed by atoms with van der Waals surface area (Å²) < 4.78 is 0. The van der Waals surface area contributed by atoms with Gasteiger partial charge in [-0.25, -0.2) is 0 Å². The molecule has 0 saturated carbocycles. The fourth-order valence-corrected chi connectivity index (χ4v) is 1.78. The minimum atomic E-state index is -0.485. The number of H-pyrrole nitrogens is 1. The summed E-state index contributed by atoms with van der Waals surface area (Å²) in [6.07, 6.45) is 0.597. The van der Waals surface area contributed by atoms with Crippen LogP contribution in [0.15, 0.2) is 6.07 Å².